The number of morpholine rings is 1. The van der Waals surface area contributed by atoms with Crippen molar-refractivity contribution in [3.63, 3.8) is 0 Å². The summed E-state index contributed by atoms with van der Waals surface area (Å²) < 4.78 is 33.6. The normalized spacial score (nSPS) is 14.2. The lowest BCUT2D eigenvalue weighted by molar-refractivity contribution is -0.144. The van der Waals surface area contributed by atoms with Gasteiger partial charge in [0.25, 0.3) is 12.0 Å². The third-order valence-corrected chi connectivity index (χ3v) is 21.6. The number of nitrogens with two attached hydrogens (primary N) is 1. The van der Waals surface area contributed by atoms with E-state index < -0.39 is 146 Å². The van der Waals surface area contributed by atoms with Crippen LogP contribution in [0.3, 0.4) is 0 Å². The summed E-state index contributed by atoms with van der Waals surface area (Å²) in [6, 6.07) is 16.5. The van der Waals surface area contributed by atoms with E-state index in [4.69, 9.17) is 34.5 Å². The minimum Gasteiger partial charge on any atom is -0.493 e. The number of nitrogens with one attached hydrogen (secondary N) is 5. The molecule has 2 aliphatic rings. The first-order valence-electron chi connectivity index (χ1n) is 37.6. The highest BCUT2D eigenvalue weighted by Gasteiger charge is 2.37. The molecule has 1 aromatic heterocycles. The zero-order chi connectivity index (χ0) is 83.5. The molecule has 115 heavy (non-hydrogen) atoms. The summed E-state index contributed by atoms with van der Waals surface area (Å²) in [7, 11) is 4.90. The van der Waals surface area contributed by atoms with Crippen LogP contribution in [0.1, 0.15) is 135 Å². The molecule has 0 saturated carbocycles. The highest BCUT2D eigenvalue weighted by atomic mass is 33.1. The van der Waals surface area contributed by atoms with Gasteiger partial charge in [0.1, 0.15) is 30.2 Å². The molecule has 36 heteroatoms. The smallest absolute Gasteiger partial charge is 0.493 e. The van der Waals surface area contributed by atoms with Crippen molar-refractivity contribution in [2.24, 2.45) is 17.6 Å². The number of carbonyl (C=O) groups is 14. The fourth-order valence-corrected chi connectivity index (χ4v) is 15.2. The number of nitrogens with zero attached hydrogens (tertiary/aromatic N) is 2. The van der Waals surface area contributed by atoms with Crippen LogP contribution in [0.2, 0.25) is 0 Å². The summed E-state index contributed by atoms with van der Waals surface area (Å²) in [5, 5.41) is 61.6. The number of benzene rings is 4. The number of ketones is 4. The van der Waals surface area contributed by atoms with Gasteiger partial charge in [-0.1, -0.05) is 108 Å². The second-order valence-electron chi connectivity index (χ2n) is 27.5. The van der Waals surface area contributed by atoms with Gasteiger partial charge in [-0.3, -0.25) is 62.4 Å². The van der Waals surface area contributed by atoms with Crippen molar-refractivity contribution >= 4 is 116 Å². The number of aliphatic carboxylic acids is 4. The lowest BCUT2D eigenvalue weighted by Gasteiger charge is -2.26. The van der Waals surface area contributed by atoms with Crippen molar-refractivity contribution in [3.05, 3.63) is 123 Å². The molecule has 0 radical (unpaired) electrons. The first-order chi connectivity index (χ1) is 55.2. The van der Waals surface area contributed by atoms with Gasteiger partial charge in [0.15, 0.2) is 35.1 Å². The van der Waals surface area contributed by atoms with Crippen LogP contribution in [0.15, 0.2) is 89.7 Å². The molecule has 2 heterocycles. The second kappa shape index (κ2) is 47.2. The Bertz CT molecular complexity index is 4310. The van der Waals surface area contributed by atoms with Crippen LogP contribution < -0.4 is 52.1 Å². The van der Waals surface area contributed by atoms with Crippen LogP contribution >= 0.6 is 21.6 Å². The fraction of sp³-hybridized carbons (Fsp3) is 0.481. The zero-order valence-electron chi connectivity index (χ0n) is 63.8. The first kappa shape index (κ1) is 91.4. The van der Waals surface area contributed by atoms with Crippen molar-refractivity contribution in [1.29, 1.82) is 0 Å². The number of urea groups is 1. The fourth-order valence-electron chi connectivity index (χ4n) is 13.1. The first-order valence-corrected chi connectivity index (χ1v) is 40.1. The summed E-state index contributed by atoms with van der Waals surface area (Å²) >= 11 is 0. The number of pyridine rings is 1. The van der Waals surface area contributed by atoms with Gasteiger partial charge in [-0.05, 0) is 73.9 Å². The van der Waals surface area contributed by atoms with E-state index in [9.17, 15) is 92.3 Å². The maximum atomic E-state index is 14.5. The lowest BCUT2D eigenvalue weighted by Crippen LogP contribution is -2.53. The Kier molecular flexibility index (Phi) is 37.5. The molecule has 5 aromatic rings. The topological polar surface area (TPSA) is 507 Å². The number of aliphatic hydroxyl groups excluding tert-OH is 1. The van der Waals surface area contributed by atoms with Crippen LogP contribution in [-0.4, -0.2) is 221 Å². The molecule has 12 N–H and O–H groups in total. The SMILES string of the molecule is COc1cc2c3c(n(CCCN4CCOCC4)c(=O)c2cc1OC)-c1cc(CO)c(OC(=O)OCCSSC[C@H](CC(=O)[C@H](CC(=O)O)NC(=O)[C@@H](N)CNC(=O)[C@@H](CC(=O)[C@H](Cc2ccccc2)NC(=O)CCCCCCCCC(=O)CC[C@H](NC(=O)N[C@@H](CCC(=O)O)OC=O)C(=O)O)Cc2ccccc2)C(=O)O)cc1C3=O. The number of hydrogen-bond acceptors (Lipinski definition) is 26. The number of Topliss-reactive ketones (excluding diaryl/α,β-unsaturated/α-hetero) is 3. The highest BCUT2D eigenvalue weighted by molar-refractivity contribution is 8.76. The van der Waals surface area contributed by atoms with E-state index in [1.807, 2.05) is 0 Å². The quantitative estimate of drug-likeness (QED) is 0.00558. The molecule has 7 rings (SSSR count). The second-order valence-corrected chi connectivity index (χ2v) is 30.1. The van der Waals surface area contributed by atoms with Gasteiger partial charge in [0, 0.05) is 111 Å². The van der Waals surface area contributed by atoms with Crippen LogP contribution in [0.25, 0.3) is 22.0 Å². The molecule has 0 bridgehead atoms. The summed E-state index contributed by atoms with van der Waals surface area (Å²) in [5.74, 6) is -12.2. The maximum absolute atomic E-state index is 14.5. The van der Waals surface area contributed by atoms with Gasteiger partial charge in [0.05, 0.1) is 81.5 Å². The number of carboxylic acid groups (broad SMARTS) is 4. The molecule has 1 saturated heterocycles. The Hall–Kier alpha value is -10.8. The number of methoxy groups -OCH3 is 2. The van der Waals surface area contributed by atoms with Crippen molar-refractivity contribution < 1.29 is 121 Å². The summed E-state index contributed by atoms with van der Waals surface area (Å²) in [6.45, 7) is 2.03. The van der Waals surface area contributed by atoms with Crippen molar-refractivity contribution in [3.8, 4) is 28.5 Å². The van der Waals surface area contributed by atoms with Crippen molar-refractivity contribution in [2.75, 3.05) is 71.7 Å². The summed E-state index contributed by atoms with van der Waals surface area (Å²) in [4.78, 5) is 197. The molecule has 0 unspecified atom stereocenters. The Morgan fingerprint density at radius 3 is 1.88 bits per heavy atom. The number of fused-ring (bicyclic) bond motifs is 5. The van der Waals surface area contributed by atoms with Crippen molar-refractivity contribution in [1.82, 2.24) is 36.1 Å². The molecule has 7 atom stereocenters. The predicted molar refractivity (Wildman–Crippen MR) is 418 cm³/mol. The van der Waals surface area contributed by atoms with Gasteiger partial charge in [0.2, 0.25) is 17.7 Å². The zero-order valence-corrected chi connectivity index (χ0v) is 65.4. The van der Waals surface area contributed by atoms with E-state index in [2.05, 4.69) is 36.2 Å². The molecule has 1 aliphatic carbocycles. The van der Waals surface area contributed by atoms with E-state index in [0.29, 0.717) is 86.9 Å². The maximum Gasteiger partial charge on any atom is 0.513 e. The molecule has 1 fully saturated rings. The van der Waals surface area contributed by atoms with E-state index in [1.165, 1.54) is 37.0 Å². The third kappa shape index (κ3) is 28.9. The standard InChI is InChI=1S/C79H98N8O26S2/c1-108-64-39-53-56(41-65(64)109-2)75(101)87(27-15-26-86-28-30-110-31-29-86)71-54-36-50(44-88)63(40-55(54)72(98)70(53)71)113-79(107)111-32-33-114-115-45-51(76(102)103)38-62(92)60(42-69(96)97)83-74(100)57(80)43-81-73(99)49(34-47-16-9-7-10-17-47)37-61(91)59(35-48-18-11-8-12-19-48)82-66(93)21-14-6-4-3-5-13-20-52(90)22-23-58(77(104)105)84-78(106)85-67(112-46-89)24-25-68(94)95/h7-12,16-19,36,39-41,46,49,51,57-60,67,88H,3-6,13-15,20-35,37-38,42-45,80H2,1-2H3,(H,81,99)(H,82,93)(H,83,100)(H,94,95)(H,96,97)(H,102,103)(H,104,105)(H2,84,85,106)/t49-,51+,57+,58+,59+,60+,67-/m1/s1. The van der Waals surface area contributed by atoms with Gasteiger partial charge in [-0.25, -0.2) is 14.4 Å². The van der Waals surface area contributed by atoms with E-state index in [0.717, 1.165) is 40.2 Å². The van der Waals surface area contributed by atoms with Gasteiger partial charge in [-0.15, -0.1) is 0 Å². The highest BCUT2D eigenvalue weighted by Crippen LogP contribution is 2.45. The summed E-state index contributed by atoms with van der Waals surface area (Å²) in [5.41, 5.74) is 8.29. The van der Waals surface area contributed by atoms with Crippen molar-refractivity contribution in [2.45, 2.75) is 159 Å². The Morgan fingerprint density at radius 2 is 1.25 bits per heavy atom. The predicted octanol–water partition coefficient (Wildman–Crippen LogP) is 5.54. The van der Waals surface area contributed by atoms with Gasteiger partial charge < -0.3 is 90.8 Å². The molecule has 622 valence electrons. The van der Waals surface area contributed by atoms with Crippen LogP contribution in [0, 0.1) is 11.8 Å². The minimum absolute atomic E-state index is 0.00659. The van der Waals surface area contributed by atoms with E-state index >= 15 is 0 Å². The van der Waals surface area contributed by atoms with E-state index in [-0.39, 0.29) is 133 Å². The molecule has 0 spiro atoms. The average molecular weight is 1640 g/mol. The number of hydrogen-bond donors (Lipinski definition) is 11. The van der Waals surface area contributed by atoms with Crippen LogP contribution in [0.4, 0.5) is 9.59 Å². The van der Waals surface area contributed by atoms with Crippen LogP contribution in [-0.2, 0) is 92.9 Å². The summed E-state index contributed by atoms with van der Waals surface area (Å²) in [6.07, 6.45) is -1.18. The largest absolute Gasteiger partial charge is 0.513 e. The van der Waals surface area contributed by atoms with Gasteiger partial charge in [-0.2, -0.15) is 0 Å². The number of carbonyl (C=O) groups excluding carboxylic acids is 10. The Balaban J connectivity index is 0.861. The third-order valence-electron chi connectivity index (χ3n) is 19.2. The minimum atomic E-state index is -1.76. The molecule has 5 amide bonds. The monoisotopic (exact) mass is 1640 g/mol. The number of carboxylic acids is 4. The van der Waals surface area contributed by atoms with Crippen LogP contribution in [0.5, 0.6) is 17.2 Å². The molecular weight excluding hydrogens is 1540 g/mol. The number of aliphatic hydroxyl groups is 1. The number of amides is 5. The lowest BCUT2D eigenvalue weighted by atomic mass is 9.89. The number of rotatable bonds is 53. The van der Waals surface area contributed by atoms with E-state index in [1.54, 1.807) is 66.7 Å². The number of ether oxygens (including phenoxy) is 6. The molecule has 1 aliphatic heterocycles. The van der Waals surface area contributed by atoms with Gasteiger partial charge >= 0.3 is 36.1 Å². The molecule has 34 nitrogen and oxygen atoms in total. The average Bonchev–Trinajstić information content (AvgIpc) is 1.57. The molecular formula is C79H98N8O26S2. The Labute approximate surface area is 669 Å². The molecule has 4 aromatic carbocycles. The number of aromatic nitrogens is 1. The number of unbranched alkanes of at least 4 members (excludes halogenated alkanes) is 5. The Morgan fingerprint density at radius 1 is 0.617 bits per heavy atom.